The Kier molecular flexibility index (Phi) is 8.04. The predicted octanol–water partition coefficient (Wildman–Crippen LogP) is 0.983. The number of hydrogen-bond donors (Lipinski definition) is 5. The summed E-state index contributed by atoms with van der Waals surface area (Å²) in [5.41, 5.74) is 5.62. The Labute approximate surface area is 234 Å². The van der Waals surface area contributed by atoms with Gasteiger partial charge in [-0.15, -0.1) is 0 Å². The van der Waals surface area contributed by atoms with Crippen LogP contribution in [0, 0.1) is 17.3 Å². The van der Waals surface area contributed by atoms with E-state index in [-0.39, 0.29) is 23.3 Å². The molecule has 4 atom stereocenters. The number of carbonyl (C=O) groups is 3. The van der Waals surface area contributed by atoms with Gasteiger partial charge in [-0.3, -0.25) is 19.3 Å². The number of fused-ring (bicyclic) bond motifs is 3. The molecular weight excluding hydrogens is 514 g/mol. The second kappa shape index (κ2) is 10.9. The third-order valence-corrected chi connectivity index (χ3v) is 8.55. The first-order chi connectivity index (χ1) is 18.7. The fourth-order valence-electron chi connectivity index (χ4n) is 6.95. The van der Waals surface area contributed by atoms with Crippen molar-refractivity contribution in [2.45, 2.75) is 25.3 Å². The van der Waals surface area contributed by atoms with Gasteiger partial charge in [-0.05, 0) is 84.2 Å². The van der Waals surface area contributed by atoms with Crippen LogP contribution in [0.2, 0.25) is 0 Å². The molecule has 0 heterocycles. The maximum atomic E-state index is 14.2. The van der Waals surface area contributed by atoms with Crippen LogP contribution in [0.4, 0.5) is 5.69 Å². The highest BCUT2D eigenvalue weighted by Gasteiger charge is 2.59. The van der Waals surface area contributed by atoms with Crippen molar-refractivity contribution in [1.82, 2.24) is 15.1 Å². The molecule has 0 radical (unpaired) electrons. The minimum Gasteiger partial charge on any atom is -0.511 e. The largest absolute Gasteiger partial charge is 0.511 e. The molecule has 3 aliphatic rings. The van der Waals surface area contributed by atoms with E-state index in [1.807, 2.05) is 33.1 Å². The molecule has 0 aliphatic heterocycles. The monoisotopic (exact) mass is 555 g/mol. The van der Waals surface area contributed by atoms with Gasteiger partial charge in [0.2, 0.25) is 0 Å². The molecule has 0 aromatic heterocycles. The smallest absolute Gasteiger partial charge is 0.255 e. The average Bonchev–Trinajstić information content (AvgIpc) is 2.82. The van der Waals surface area contributed by atoms with E-state index >= 15 is 0 Å². The Hall–Kier alpha value is -3.41. The molecule has 1 amide bonds. The number of hydrogen-bond acceptors (Lipinski definition) is 10. The minimum absolute atomic E-state index is 0.0728. The molecule has 0 bridgehead atoms. The lowest BCUT2D eigenvalue weighted by Crippen LogP contribution is -2.57. The van der Waals surface area contributed by atoms with Crippen molar-refractivity contribution < 1.29 is 29.7 Å². The van der Waals surface area contributed by atoms with Gasteiger partial charge in [-0.1, -0.05) is 0 Å². The molecule has 0 unspecified atom stereocenters. The van der Waals surface area contributed by atoms with Crippen LogP contribution in [0.3, 0.4) is 0 Å². The summed E-state index contributed by atoms with van der Waals surface area (Å²) in [6, 6.07) is 2.44. The summed E-state index contributed by atoms with van der Waals surface area (Å²) in [5, 5.41) is 37.2. The predicted molar refractivity (Wildman–Crippen MR) is 152 cm³/mol. The molecule has 1 aromatic rings. The topological polar surface area (TPSA) is 160 Å². The van der Waals surface area contributed by atoms with Crippen LogP contribution in [-0.2, 0) is 16.0 Å². The van der Waals surface area contributed by atoms with Gasteiger partial charge >= 0.3 is 0 Å². The molecule has 3 aliphatic carbocycles. The molecule has 1 aromatic carbocycles. The zero-order valence-electron chi connectivity index (χ0n) is 24.1. The Morgan fingerprint density at radius 2 is 1.75 bits per heavy atom. The third kappa shape index (κ3) is 4.76. The van der Waals surface area contributed by atoms with Crippen LogP contribution in [0.25, 0.3) is 0 Å². The second-order valence-electron chi connectivity index (χ2n) is 12.0. The lowest BCUT2D eigenvalue weighted by atomic mass is 9.54. The number of likely N-dealkylation sites (N-methyl/N-ethyl adjacent to an activating group) is 1. The summed E-state index contributed by atoms with van der Waals surface area (Å²) >= 11 is 0. The van der Waals surface area contributed by atoms with E-state index in [9.17, 15) is 29.7 Å². The maximum Gasteiger partial charge on any atom is 0.255 e. The van der Waals surface area contributed by atoms with Crippen molar-refractivity contribution in [2.75, 3.05) is 66.8 Å². The Morgan fingerprint density at radius 1 is 1.07 bits per heavy atom. The quantitative estimate of drug-likeness (QED) is 0.220. The van der Waals surface area contributed by atoms with E-state index in [1.54, 1.807) is 25.1 Å². The summed E-state index contributed by atoms with van der Waals surface area (Å²) < 4.78 is 0. The zero-order valence-corrected chi connectivity index (χ0v) is 24.1. The summed E-state index contributed by atoms with van der Waals surface area (Å²) in [7, 11) is 11.1. The third-order valence-electron chi connectivity index (χ3n) is 8.55. The van der Waals surface area contributed by atoms with E-state index in [0.29, 0.717) is 25.1 Å². The van der Waals surface area contributed by atoms with Crippen molar-refractivity contribution in [3.05, 3.63) is 45.9 Å². The molecule has 0 saturated carbocycles. The average molecular weight is 556 g/mol. The number of phenolic OH excluding ortho intramolecular Hbond substituents is 1. The van der Waals surface area contributed by atoms with Gasteiger partial charge in [0.05, 0.1) is 17.5 Å². The summed E-state index contributed by atoms with van der Waals surface area (Å²) in [6.07, 6.45) is 1.45. The first-order valence-corrected chi connectivity index (χ1v) is 13.5. The van der Waals surface area contributed by atoms with Gasteiger partial charge in [0.15, 0.2) is 11.6 Å². The first-order valence-electron chi connectivity index (χ1n) is 13.5. The van der Waals surface area contributed by atoms with Gasteiger partial charge < -0.3 is 36.2 Å². The molecule has 4 rings (SSSR count). The van der Waals surface area contributed by atoms with Gasteiger partial charge in [0, 0.05) is 37.3 Å². The molecule has 0 saturated heterocycles. The van der Waals surface area contributed by atoms with Crippen molar-refractivity contribution in [3.63, 3.8) is 0 Å². The van der Waals surface area contributed by atoms with E-state index in [0.717, 1.165) is 18.7 Å². The van der Waals surface area contributed by atoms with Crippen LogP contribution in [0.15, 0.2) is 34.8 Å². The molecule has 40 heavy (non-hydrogen) atoms. The van der Waals surface area contributed by atoms with Crippen LogP contribution < -0.4 is 16.0 Å². The number of carbonyl (C=O) groups excluding carboxylic acids is 3. The number of benzene rings is 1. The number of ketones is 2. The van der Waals surface area contributed by atoms with Crippen LogP contribution in [-0.4, -0.2) is 111 Å². The van der Waals surface area contributed by atoms with Gasteiger partial charge in [-0.2, -0.15) is 0 Å². The highest BCUT2D eigenvalue weighted by atomic mass is 16.3. The number of nitrogens with two attached hydrogens (primary N) is 1. The number of aliphatic hydroxyl groups is 2. The number of phenols is 1. The fourth-order valence-corrected chi connectivity index (χ4v) is 6.95. The van der Waals surface area contributed by atoms with E-state index in [2.05, 4.69) is 10.2 Å². The number of allylic oxidation sites excluding steroid dienone is 1. The summed E-state index contributed by atoms with van der Waals surface area (Å²) in [6.45, 7) is 1.86. The van der Waals surface area contributed by atoms with Crippen molar-refractivity contribution in [2.24, 2.45) is 23.0 Å². The van der Waals surface area contributed by atoms with Crippen molar-refractivity contribution >= 4 is 23.2 Å². The molecule has 11 nitrogen and oxygen atoms in total. The molecule has 0 spiro atoms. The Balaban J connectivity index is 1.92. The lowest BCUT2D eigenvalue weighted by molar-refractivity contribution is -0.127. The number of anilines is 1. The Morgan fingerprint density at radius 3 is 2.33 bits per heavy atom. The lowest BCUT2D eigenvalue weighted by Gasteiger charge is -2.51. The minimum atomic E-state index is -1.23. The molecule has 11 heteroatoms. The SMILES string of the molecule is CN(C)CCCNC[C@@]12Cc3c(N(C)C)ccc(O)c3C(=O)C1=C(O)[C@@H]1C(=O)C(C(N)=O)=C(O)[C@@H](N(C)C)[C@@H]1C2. The number of amides is 1. The second-order valence-corrected chi connectivity index (χ2v) is 12.0. The maximum absolute atomic E-state index is 14.2. The van der Waals surface area contributed by atoms with Gasteiger partial charge in [0.1, 0.15) is 22.8 Å². The van der Waals surface area contributed by atoms with Gasteiger partial charge in [-0.25, -0.2) is 0 Å². The van der Waals surface area contributed by atoms with E-state index in [4.69, 9.17) is 5.73 Å². The summed E-state index contributed by atoms with van der Waals surface area (Å²) in [5.74, 6) is -5.31. The van der Waals surface area contributed by atoms with Crippen LogP contribution >= 0.6 is 0 Å². The van der Waals surface area contributed by atoms with Crippen molar-refractivity contribution in [1.29, 1.82) is 0 Å². The highest BCUT2D eigenvalue weighted by molar-refractivity contribution is 6.22. The number of aliphatic hydroxyl groups excluding tert-OH is 2. The van der Waals surface area contributed by atoms with E-state index < -0.39 is 57.9 Å². The molecular formula is C29H41N5O6. The number of rotatable bonds is 9. The number of aromatic hydroxyl groups is 1. The fraction of sp³-hybridized carbons (Fsp3) is 0.552. The van der Waals surface area contributed by atoms with E-state index in [1.165, 1.54) is 6.07 Å². The summed E-state index contributed by atoms with van der Waals surface area (Å²) in [4.78, 5) is 45.7. The normalized spacial score (nSPS) is 26.2. The molecule has 218 valence electrons. The van der Waals surface area contributed by atoms with Crippen LogP contribution in [0.1, 0.15) is 28.8 Å². The number of primary amides is 1. The highest BCUT2D eigenvalue weighted by Crippen LogP contribution is 2.56. The van der Waals surface area contributed by atoms with Gasteiger partial charge in [0.25, 0.3) is 5.91 Å². The standard InChI is InChI=1S/C29H41N5O6/c1-32(2)11-7-10-31-14-29-12-15-17(33(3)4)8-9-18(35)19(15)25(37)22(29)26(38)20-16(13-29)23(34(5)6)27(39)21(24(20)36)28(30)40/h8-9,16,20,23,31,35,38-39H,7,10-14H2,1-6H3,(H2,30,40)/t16-,20+,23+,29+/m1/s1. The number of nitrogens with zero attached hydrogens (tertiary/aromatic N) is 3. The van der Waals surface area contributed by atoms with Crippen molar-refractivity contribution in [3.8, 4) is 5.75 Å². The van der Waals surface area contributed by atoms with Crippen LogP contribution in [0.5, 0.6) is 5.75 Å². The Bertz CT molecular complexity index is 1300. The first kappa shape index (κ1) is 29.6. The zero-order chi connectivity index (χ0) is 29.7. The number of nitrogens with one attached hydrogen (secondary N) is 1. The number of Topliss-reactive ketones (excluding diaryl/α,β-unsaturated/α-hetero) is 2. The molecule has 6 N–H and O–H groups in total. The molecule has 0 fully saturated rings.